The molecular weight excluding hydrogens is 252 g/mol. The number of nitrogens with one attached hydrogen (secondary N) is 1. The Morgan fingerprint density at radius 2 is 1.78 bits per heavy atom. The van der Waals surface area contributed by atoms with Crippen LogP contribution in [0.25, 0.3) is 0 Å². The Morgan fingerprint density at radius 3 is 2.22 bits per heavy atom. The SMILES string of the molecule is CCC(CC)C(N)CNS(=O)(=O)CCOC(C)C. The van der Waals surface area contributed by atoms with Gasteiger partial charge in [0.05, 0.1) is 18.5 Å². The molecule has 1 unspecified atom stereocenters. The van der Waals surface area contributed by atoms with E-state index in [1.165, 1.54) is 0 Å². The summed E-state index contributed by atoms with van der Waals surface area (Å²) in [4.78, 5) is 0. The van der Waals surface area contributed by atoms with E-state index in [1.54, 1.807) is 0 Å². The van der Waals surface area contributed by atoms with E-state index < -0.39 is 10.0 Å². The standard InChI is InChI=1S/C12H28N2O3S/c1-5-11(6-2)12(13)9-14-18(15,16)8-7-17-10(3)4/h10-12,14H,5-9,13H2,1-4H3. The van der Waals surface area contributed by atoms with Crippen LogP contribution in [0.5, 0.6) is 0 Å². The molecule has 1 atom stereocenters. The summed E-state index contributed by atoms with van der Waals surface area (Å²) >= 11 is 0. The van der Waals surface area contributed by atoms with E-state index in [9.17, 15) is 8.42 Å². The van der Waals surface area contributed by atoms with Gasteiger partial charge in [-0.3, -0.25) is 0 Å². The number of sulfonamides is 1. The van der Waals surface area contributed by atoms with Crippen molar-refractivity contribution in [3.05, 3.63) is 0 Å². The molecule has 0 aliphatic rings. The molecule has 0 saturated carbocycles. The summed E-state index contributed by atoms with van der Waals surface area (Å²) in [6, 6.07) is -0.124. The molecular formula is C12H28N2O3S. The van der Waals surface area contributed by atoms with Crippen LogP contribution in [0.2, 0.25) is 0 Å². The van der Waals surface area contributed by atoms with Gasteiger partial charge >= 0.3 is 0 Å². The molecule has 0 aliphatic heterocycles. The Labute approximate surface area is 112 Å². The highest BCUT2D eigenvalue weighted by molar-refractivity contribution is 7.89. The fraction of sp³-hybridized carbons (Fsp3) is 1.00. The van der Waals surface area contributed by atoms with E-state index in [-0.39, 0.29) is 24.5 Å². The maximum absolute atomic E-state index is 11.7. The van der Waals surface area contributed by atoms with E-state index in [0.29, 0.717) is 12.5 Å². The van der Waals surface area contributed by atoms with Crippen LogP contribution in [-0.2, 0) is 14.8 Å². The molecule has 6 heteroatoms. The monoisotopic (exact) mass is 280 g/mol. The molecule has 0 radical (unpaired) electrons. The van der Waals surface area contributed by atoms with Gasteiger partial charge in [0.1, 0.15) is 0 Å². The quantitative estimate of drug-likeness (QED) is 0.628. The highest BCUT2D eigenvalue weighted by Crippen LogP contribution is 2.10. The Balaban J connectivity index is 4.02. The fourth-order valence-electron chi connectivity index (χ4n) is 1.75. The molecule has 0 bridgehead atoms. The average molecular weight is 280 g/mol. The smallest absolute Gasteiger partial charge is 0.213 e. The molecule has 110 valence electrons. The van der Waals surface area contributed by atoms with E-state index in [0.717, 1.165) is 12.8 Å². The molecule has 5 nitrogen and oxygen atoms in total. The topological polar surface area (TPSA) is 81.4 Å². The lowest BCUT2D eigenvalue weighted by molar-refractivity contribution is 0.0911. The van der Waals surface area contributed by atoms with Crippen LogP contribution in [0, 0.1) is 5.92 Å². The van der Waals surface area contributed by atoms with Crippen molar-refractivity contribution in [3.63, 3.8) is 0 Å². The first-order valence-electron chi connectivity index (χ1n) is 6.66. The van der Waals surface area contributed by atoms with E-state index in [4.69, 9.17) is 10.5 Å². The Bertz CT molecular complexity index is 300. The summed E-state index contributed by atoms with van der Waals surface area (Å²) in [5.74, 6) is 0.348. The van der Waals surface area contributed by atoms with E-state index >= 15 is 0 Å². The first-order valence-corrected chi connectivity index (χ1v) is 8.32. The largest absolute Gasteiger partial charge is 0.378 e. The van der Waals surface area contributed by atoms with Crippen molar-refractivity contribution in [1.29, 1.82) is 0 Å². The van der Waals surface area contributed by atoms with Crippen LogP contribution < -0.4 is 10.5 Å². The summed E-state index contributed by atoms with van der Waals surface area (Å²) in [6.45, 7) is 8.41. The Morgan fingerprint density at radius 1 is 1.22 bits per heavy atom. The molecule has 0 heterocycles. The van der Waals surface area contributed by atoms with Crippen LogP contribution in [0.3, 0.4) is 0 Å². The van der Waals surface area contributed by atoms with E-state index in [2.05, 4.69) is 18.6 Å². The second kappa shape index (κ2) is 8.85. The third kappa shape index (κ3) is 8.02. The van der Waals surface area contributed by atoms with Gasteiger partial charge in [0, 0.05) is 12.6 Å². The molecule has 0 rings (SSSR count). The summed E-state index contributed by atoms with van der Waals surface area (Å²) in [6.07, 6.45) is 1.98. The van der Waals surface area contributed by atoms with Gasteiger partial charge in [0.2, 0.25) is 10.0 Å². The van der Waals surface area contributed by atoms with Crippen LogP contribution in [0.4, 0.5) is 0 Å². The molecule has 0 aromatic rings. The van der Waals surface area contributed by atoms with Crippen molar-refractivity contribution in [1.82, 2.24) is 4.72 Å². The zero-order chi connectivity index (χ0) is 14.2. The van der Waals surface area contributed by atoms with Crippen molar-refractivity contribution in [2.24, 2.45) is 11.7 Å². The van der Waals surface area contributed by atoms with Gasteiger partial charge < -0.3 is 10.5 Å². The van der Waals surface area contributed by atoms with Crippen molar-refractivity contribution >= 4 is 10.0 Å². The molecule has 0 amide bonds. The first-order chi connectivity index (χ1) is 8.32. The molecule has 18 heavy (non-hydrogen) atoms. The van der Waals surface area contributed by atoms with Crippen molar-refractivity contribution < 1.29 is 13.2 Å². The normalized spacial score (nSPS) is 14.4. The van der Waals surface area contributed by atoms with Gasteiger partial charge in [0.25, 0.3) is 0 Å². The summed E-state index contributed by atoms with van der Waals surface area (Å²) in [5.41, 5.74) is 5.96. The molecule has 0 aliphatic carbocycles. The van der Waals surface area contributed by atoms with Gasteiger partial charge in [-0.15, -0.1) is 0 Å². The molecule has 3 N–H and O–H groups in total. The van der Waals surface area contributed by atoms with Crippen molar-refractivity contribution in [3.8, 4) is 0 Å². The minimum Gasteiger partial charge on any atom is -0.378 e. The minimum absolute atomic E-state index is 0.0131. The Hall–Kier alpha value is -0.170. The van der Waals surface area contributed by atoms with Crippen molar-refractivity contribution in [2.75, 3.05) is 18.9 Å². The predicted octanol–water partition coefficient (Wildman–Crippen LogP) is 1.09. The average Bonchev–Trinajstić information content (AvgIpc) is 2.27. The second-order valence-corrected chi connectivity index (χ2v) is 6.75. The second-order valence-electron chi connectivity index (χ2n) is 4.83. The highest BCUT2D eigenvalue weighted by atomic mass is 32.2. The van der Waals surface area contributed by atoms with Crippen LogP contribution >= 0.6 is 0 Å². The molecule has 0 fully saturated rings. The molecule has 0 spiro atoms. The van der Waals surface area contributed by atoms with Gasteiger partial charge in [-0.05, 0) is 19.8 Å². The number of hydrogen-bond donors (Lipinski definition) is 2. The Kier molecular flexibility index (Phi) is 8.77. The molecule has 0 saturated heterocycles. The summed E-state index contributed by atoms with van der Waals surface area (Å²) in [5, 5.41) is 0. The molecule has 0 aromatic carbocycles. The number of hydrogen-bond acceptors (Lipinski definition) is 4. The van der Waals surface area contributed by atoms with Gasteiger partial charge in [-0.1, -0.05) is 26.7 Å². The van der Waals surface area contributed by atoms with Gasteiger partial charge in [-0.25, -0.2) is 13.1 Å². The van der Waals surface area contributed by atoms with E-state index in [1.807, 2.05) is 13.8 Å². The highest BCUT2D eigenvalue weighted by Gasteiger charge is 2.17. The maximum Gasteiger partial charge on any atom is 0.213 e. The van der Waals surface area contributed by atoms with Crippen molar-refractivity contribution in [2.45, 2.75) is 52.7 Å². The lowest BCUT2D eigenvalue weighted by atomic mass is 9.95. The first kappa shape index (κ1) is 17.8. The maximum atomic E-state index is 11.7. The zero-order valence-corrected chi connectivity index (χ0v) is 12.8. The van der Waals surface area contributed by atoms with Crippen LogP contribution in [0.1, 0.15) is 40.5 Å². The van der Waals surface area contributed by atoms with Crippen LogP contribution in [0.15, 0.2) is 0 Å². The van der Waals surface area contributed by atoms with Gasteiger partial charge in [-0.2, -0.15) is 0 Å². The zero-order valence-electron chi connectivity index (χ0n) is 12.0. The number of ether oxygens (including phenoxy) is 1. The minimum atomic E-state index is -3.28. The number of nitrogens with two attached hydrogens (primary N) is 1. The van der Waals surface area contributed by atoms with Gasteiger partial charge in [0.15, 0.2) is 0 Å². The summed E-state index contributed by atoms with van der Waals surface area (Å²) < 4.78 is 31.1. The van der Waals surface area contributed by atoms with Crippen LogP contribution in [-0.4, -0.2) is 39.5 Å². The summed E-state index contributed by atoms with van der Waals surface area (Å²) in [7, 11) is -3.28. The number of rotatable bonds is 10. The fourth-order valence-corrected chi connectivity index (χ4v) is 2.66. The third-order valence-electron chi connectivity index (χ3n) is 3.00. The third-order valence-corrected chi connectivity index (χ3v) is 4.31. The lowest BCUT2D eigenvalue weighted by Gasteiger charge is -2.21. The molecule has 0 aromatic heterocycles. The predicted molar refractivity (Wildman–Crippen MR) is 74.9 cm³/mol. The lowest BCUT2D eigenvalue weighted by Crippen LogP contribution is -2.42.